The maximum atomic E-state index is 6.66. The Bertz CT molecular complexity index is 1580. The van der Waals surface area contributed by atoms with E-state index in [1.807, 2.05) is 67.8 Å². The number of nitrogens with two attached hydrogens (primary N) is 2. The van der Waals surface area contributed by atoms with Crippen molar-refractivity contribution in [2.45, 2.75) is 243 Å². The topological polar surface area (TPSA) is 139 Å². The van der Waals surface area contributed by atoms with Crippen molar-refractivity contribution >= 4 is 65.7 Å². The highest BCUT2D eigenvalue weighted by Crippen LogP contribution is 2.44. The van der Waals surface area contributed by atoms with Gasteiger partial charge in [-0.2, -0.15) is 0 Å². The molecular weight excluding hydrogens is 857 g/mol. The maximum absolute atomic E-state index is 6.66. The van der Waals surface area contributed by atoms with E-state index in [9.17, 15) is 0 Å². The average molecular weight is 940 g/mol. The van der Waals surface area contributed by atoms with Crippen LogP contribution in [0.4, 0.5) is 0 Å². The van der Waals surface area contributed by atoms with E-state index in [2.05, 4.69) is 87.5 Å². The SMILES string of the molecule is CC1(C)OB(C2=CN(C3CCC(O[Si](C)(C)C(C)(C)C)CC3)C(Cl)N=C2N)OC1(C)C.CC1(C)OB(C2=CN(C3CCC(O[Si](C)(C)C(C)(C)C)CC3)C(Cl)N=C2N)OC1(C)C. The van der Waals surface area contributed by atoms with Crippen molar-refractivity contribution in [1.29, 1.82) is 0 Å². The van der Waals surface area contributed by atoms with Crippen LogP contribution in [0.5, 0.6) is 0 Å². The third kappa shape index (κ3) is 11.2. The Kier molecular flexibility index (Phi) is 15.2. The van der Waals surface area contributed by atoms with Crippen LogP contribution in [-0.4, -0.2) is 110 Å². The highest BCUT2D eigenvalue weighted by molar-refractivity contribution is 6.74. The number of halogens is 2. The number of nitrogens with zero attached hydrogens (tertiary/aromatic N) is 4. The van der Waals surface area contributed by atoms with Gasteiger partial charge in [0, 0.05) is 47.6 Å². The largest absolute Gasteiger partial charge is 0.500 e. The quantitative estimate of drug-likeness (QED) is 0.137. The summed E-state index contributed by atoms with van der Waals surface area (Å²) >= 11 is 13.2. The smallest absolute Gasteiger partial charge is 0.414 e. The van der Waals surface area contributed by atoms with Gasteiger partial charge in [-0.25, -0.2) is 9.98 Å². The zero-order valence-electron chi connectivity index (χ0n) is 41.6. The normalized spacial score (nSPS) is 31.5. The van der Waals surface area contributed by atoms with Crippen LogP contribution < -0.4 is 11.5 Å². The van der Waals surface area contributed by atoms with Gasteiger partial charge >= 0.3 is 14.2 Å². The molecule has 4 fully saturated rings. The van der Waals surface area contributed by atoms with Gasteiger partial charge in [-0.15, -0.1) is 0 Å². The van der Waals surface area contributed by atoms with E-state index in [0.717, 1.165) is 62.3 Å². The number of hydrogen-bond donors (Lipinski definition) is 2. The minimum absolute atomic E-state index is 0.227. The molecule has 0 spiro atoms. The lowest BCUT2D eigenvalue weighted by molar-refractivity contribution is 0.00578. The molecule has 0 bridgehead atoms. The first-order valence-corrected chi connectivity index (χ1v) is 29.8. The second-order valence-electron chi connectivity index (χ2n) is 23.5. The van der Waals surface area contributed by atoms with Gasteiger partial charge in [0.2, 0.25) is 0 Å². The number of alkyl halides is 2. The molecule has 4 aliphatic heterocycles. The van der Waals surface area contributed by atoms with Gasteiger partial charge in [-0.1, -0.05) is 64.7 Å². The van der Waals surface area contributed by atoms with Crippen LogP contribution in [0, 0.1) is 0 Å². The second kappa shape index (κ2) is 18.2. The average Bonchev–Trinajstić information content (AvgIpc) is 3.47. The molecule has 4 N–H and O–H groups in total. The summed E-state index contributed by atoms with van der Waals surface area (Å²) in [4.78, 5) is 13.3. The van der Waals surface area contributed by atoms with Gasteiger partial charge in [0.15, 0.2) is 27.9 Å². The van der Waals surface area contributed by atoms with Gasteiger partial charge in [0.05, 0.1) is 22.4 Å². The summed E-state index contributed by atoms with van der Waals surface area (Å²) in [5, 5.41) is 0.454. The zero-order chi connectivity index (χ0) is 46.8. The Labute approximate surface area is 388 Å². The van der Waals surface area contributed by atoms with Gasteiger partial charge in [-0.3, -0.25) is 0 Å². The van der Waals surface area contributed by atoms with E-state index in [-0.39, 0.29) is 10.1 Å². The Morgan fingerprint density at radius 2 is 0.823 bits per heavy atom. The fraction of sp³-hybridized carbons (Fsp3) is 0.864. The Morgan fingerprint density at radius 3 is 1.06 bits per heavy atom. The lowest BCUT2D eigenvalue weighted by Gasteiger charge is -2.43. The molecule has 0 radical (unpaired) electrons. The minimum atomic E-state index is -1.76. The molecule has 0 amide bonds. The fourth-order valence-electron chi connectivity index (χ4n) is 8.06. The van der Waals surface area contributed by atoms with Crippen molar-refractivity contribution in [3.05, 3.63) is 23.3 Å². The first-order valence-electron chi connectivity index (χ1n) is 23.1. The third-order valence-corrected chi connectivity index (χ3v) is 25.5. The summed E-state index contributed by atoms with van der Waals surface area (Å²) in [5.74, 6) is 0.786. The van der Waals surface area contributed by atoms with Crippen LogP contribution in [0.25, 0.3) is 0 Å². The summed E-state index contributed by atoms with van der Waals surface area (Å²) in [6.45, 7) is 39.4. The van der Waals surface area contributed by atoms with E-state index in [0.29, 0.717) is 36.0 Å². The van der Waals surface area contributed by atoms with E-state index in [1.54, 1.807) is 0 Å². The van der Waals surface area contributed by atoms with Crippen molar-refractivity contribution in [1.82, 2.24) is 9.80 Å². The molecule has 0 aromatic rings. The van der Waals surface area contributed by atoms with Crippen LogP contribution in [-0.2, 0) is 27.5 Å². The first kappa shape index (κ1) is 51.9. The van der Waals surface area contributed by atoms with E-state index >= 15 is 0 Å². The lowest BCUT2D eigenvalue weighted by Crippen LogP contribution is -2.48. The summed E-state index contributed by atoms with van der Waals surface area (Å²) in [5.41, 5.74) is 11.3. The van der Waals surface area contributed by atoms with E-state index < -0.39 is 64.5 Å². The van der Waals surface area contributed by atoms with Crippen molar-refractivity contribution < 1.29 is 27.5 Å². The van der Waals surface area contributed by atoms with Gasteiger partial charge in [0.1, 0.15) is 11.7 Å². The molecular formula is C44H82B2Cl2N6O6Si2. The molecule has 352 valence electrons. The summed E-state index contributed by atoms with van der Waals surface area (Å²) in [7, 11) is -4.60. The predicted octanol–water partition coefficient (Wildman–Crippen LogP) is 10.1. The van der Waals surface area contributed by atoms with Crippen molar-refractivity contribution in [3.63, 3.8) is 0 Å². The second-order valence-corrected chi connectivity index (χ2v) is 33.8. The van der Waals surface area contributed by atoms with Gasteiger partial charge in [0.25, 0.3) is 0 Å². The lowest BCUT2D eigenvalue weighted by atomic mass is 9.77. The fourth-order valence-corrected chi connectivity index (χ4v) is 11.5. The minimum Gasteiger partial charge on any atom is -0.414 e. The Hall–Kier alpha value is -1.08. The van der Waals surface area contributed by atoms with Crippen LogP contribution in [0.15, 0.2) is 33.3 Å². The molecule has 6 aliphatic rings. The zero-order valence-corrected chi connectivity index (χ0v) is 45.1. The molecule has 2 aliphatic carbocycles. The number of aliphatic imine (C=N–C) groups is 2. The summed E-state index contributed by atoms with van der Waals surface area (Å²) in [6.07, 6.45) is 12.9. The van der Waals surface area contributed by atoms with Crippen molar-refractivity contribution in [2.75, 3.05) is 0 Å². The Balaban J connectivity index is 0.000000234. The summed E-state index contributed by atoms with van der Waals surface area (Å²) < 4.78 is 38.2. The van der Waals surface area contributed by atoms with Crippen LogP contribution in [0.3, 0.4) is 0 Å². The van der Waals surface area contributed by atoms with Gasteiger partial charge in [-0.05, 0) is 143 Å². The molecule has 62 heavy (non-hydrogen) atoms. The van der Waals surface area contributed by atoms with Crippen LogP contribution >= 0.6 is 23.2 Å². The number of amidine groups is 2. The van der Waals surface area contributed by atoms with E-state index in [1.165, 1.54) is 0 Å². The third-order valence-electron chi connectivity index (χ3n) is 15.8. The molecule has 2 saturated heterocycles. The predicted molar refractivity (Wildman–Crippen MR) is 263 cm³/mol. The van der Waals surface area contributed by atoms with E-state index in [4.69, 9.17) is 62.1 Å². The monoisotopic (exact) mass is 939 g/mol. The Morgan fingerprint density at radius 1 is 0.565 bits per heavy atom. The van der Waals surface area contributed by atoms with Crippen molar-refractivity contribution in [3.8, 4) is 0 Å². The maximum Gasteiger partial charge on any atom is 0.500 e. The first-order chi connectivity index (χ1) is 28.1. The molecule has 12 nitrogen and oxygen atoms in total. The molecule has 0 aromatic heterocycles. The molecule has 4 heterocycles. The molecule has 2 atom stereocenters. The molecule has 18 heteroatoms. The highest BCUT2D eigenvalue weighted by atomic mass is 35.5. The summed E-state index contributed by atoms with van der Waals surface area (Å²) in [6, 6.07) is 0.604. The number of rotatable bonds is 8. The number of hydrogen-bond acceptors (Lipinski definition) is 12. The van der Waals surface area contributed by atoms with Crippen LogP contribution in [0.2, 0.25) is 36.3 Å². The molecule has 2 unspecified atom stereocenters. The molecule has 2 saturated carbocycles. The highest BCUT2D eigenvalue weighted by Gasteiger charge is 2.55. The molecule has 0 aromatic carbocycles. The van der Waals surface area contributed by atoms with Crippen molar-refractivity contribution in [2.24, 2.45) is 21.5 Å². The molecule has 6 rings (SSSR count). The van der Waals surface area contributed by atoms with Crippen LogP contribution in [0.1, 0.15) is 148 Å². The van der Waals surface area contributed by atoms with Gasteiger partial charge < -0.3 is 48.7 Å². The standard InChI is InChI=1S/2C22H41BClN3O3Si/c2*1-20(2,3)31(8,9)28-16-12-10-15(11-13-16)27-14-17(18(25)26-19(27)24)23-29-21(4,5)22(6,7)30-23/h2*14-16,19H,10-13H2,1-9H3,(H2,25,26).